The van der Waals surface area contributed by atoms with Gasteiger partial charge in [-0.05, 0) is 61.0 Å². The SMILES string of the molecule is C=CCOc1ccc(C2C(=C(O)c3ccc(F)cc3)C(=O)C(=O)N2Cc2ccco2)cc1OCC. The van der Waals surface area contributed by atoms with Crippen LogP contribution in [0.2, 0.25) is 0 Å². The van der Waals surface area contributed by atoms with Crippen LogP contribution < -0.4 is 9.47 Å². The van der Waals surface area contributed by atoms with E-state index in [1.165, 1.54) is 35.4 Å². The van der Waals surface area contributed by atoms with E-state index in [1.807, 2.05) is 6.92 Å². The third-order valence-electron chi connectivity index (χ3n) is 5.50. The molecule has 2 aromatic carbocycles. The molecule has 0 spiro atoms. The number of amides is 1. The highest BCUT2D eigenvalue weighted by molar-refractivity contribution is 6.46. The van der Waals surface area contributed by atoms with E-state index in [1.54, 1.807) is 36.4 Å². The first-order valence-electron chi connectivity index (χ1n) is 11.0. The van der Waals surface area contributed by atoms with Gasteiger partial charge in [0.2, 0.25) is 0 Å². The van der Waals surface area contributed by atoms with E-state index in [4.69, 9.17) is 13.9 Å². The van der Waals surface area contributed by atoms with Crippen molar-refractivity contribution in [1.82, 2.24) is 4.90 Å². The van der Waals surface area contributed by atoms with Crippen LogP contribution in [0.1, 0.15) is 29.9 Å². The van der Waals surface area contributed by atoms with Crippen LogP contribution in [-0.4, -0.2) is 34.9 Å². The molecule has 0 aliphatic carbocycles. The minimum absolute atomic E-state index is 0.00111. The second-order valence-corrected chi connectivity index (χ2v) is 7.75. The average molecular weight is 477 g/mol. The van der Waals surface area contributed by atoms with E-state index in [2.05, 4.69) is 6.58 Å². The molecule has 1 atom stereocenters. The maximum atomic E-state index is 13.5. The molecule has 3 aromatic rings. The third kappa shape index (κ3) is 4.82. The predicted octanol–water partition coefficient (Wildman–Crippen LogP) is 5.00. The summed E-state index contributed by atoms with van der Waals surface area (Å²) in [5.74, 6) is -1.19. The predicted molar refractivity (Wildman–Crippen MR) is 126 cm³/mol. The summed E-state index contributed by atoms with van der Waals surface area (Å²) in [4.78, 5) is 27.6. The maximum absolute atomic E-state index is 13.5. The van der Waals surface area contributed by atoms with Gasteiger partial charge in [-0.25, -0.2) is 4.39 Å². The fourth-order valence-electron chi connectivity index (χ4n) is 3.95. The topological polar surface area (TPSA) is 89.2 Å². The highest BCUT2D eigenvalue weighted by Crippen LogP contribution is 2.42. The number of halogens is 1. The minimum Gasteiger partial charge on any atom is -0.507 e. The summed E-state index contributed by atoms with van der Waals surface area (Å²) in [6.07, 6.45) is 3.07. The fraction of sp³-hybridized carbons (Fsp3) is 0.185. The summed E-state index contributed by atoms with van der Waals surface area (Å²) in [7, 11) is 0. The number of rotatable bonds is 9. The number of hydrogen-bond acceptors (Lipinski definition) is 6. The first-order chi connectivity index (χ1) is 16.9. The molecular weight excluding hydrogens is 453 g/mol. The lowest BCUT2D eigenvalue weighted by molar-refractivity contribution is -0.140. The highest BCUT2D eigenvalue weighted by atomic mass is 19.1. The van der Waals surface area contributed by atoms with Gasteiger partial charge in [0.05, 0.1) is 31.0 Å². The van der Waals surface area contributed by atoms with Crippen LogP contribution in [0.5, 0.6) is 11.5 Å². The minimum atomic E-state index is -0.946. The molecule has 1 aliphatic heterocycles. The Hall–Kier alpha value is -4.33. The monoisotopic (exact) mass is 477 g/mol. The van der Waals surface area contributed by atoms with Gasteiger partial charge in [-0.15, -0.1) is 0 Å². The van der Waals surface area contributed by atoms with Gasteiger partial charge < -0.3 is 23.9 Å². The van der Waals surface area contributed by atoms with Crippen LogP contribution in [-0.2, 0) is 16.1 Å². The van der Waals surface area contributed by atoms with E-state index in [0.717, 1.165) is 0 Å². The second-order valence-electron chi connectivity index (χ2n) is 7.75. The number of aliphatic hydroxyl groups excluding tert-OH is 1. The molecule has 8 heteroatoms. The van der Waals surface area contributed by atoms with Gasteiger partial charge in [-0.1, -0.05) is 18.7 Å². The Morgan fingerprint density at radius 3 is 2.57 bits per heavy atom. The van der Waals surface area contributed by atoms with Crippen LogP contribution in [0.3, 0.4) is 0 Å². The van der Waals surface area contributed by atoms with Crippen molar-refractivity contribution in [3.05, 3.63) is 102 Å². The number of ether oxygens (including phenoxy) is 2. The first-order valence-corrected chi connectivity index (χ1v) is 11.0. The average Bonchev–Trinajstić information content (AvgIpc) is 3.46. The van der Waals surface area contributed by atoms with Gasteiger partial charge in [0.15, 0.2) is 11.5 Å². The van der Waals surface area contributed by atoms with Gasteiger partial charge in [0.25, 0.3) is 11.7 Å². The quantitative estimate of drug-likeness (QED) is 0.202. The summed E-state index contributed by atoms with van der Waals surface area (Å²) in [6, 6.07) is 12.5. The molecule has 1 unspecified atom stereocenters. The number of aliphatic hydroxyl groups is 1. The smallest absolute Gasteiger partial charge is 0.296 e. The molecule has 1 fully saturated rings. The molecule has 35 heavy (non-hydrogen) atoms. The van der Waals surface area contributed by atoms with Crippen LogP contribution in [0, 0.1) is 5.82 Å². The molecule has 1 amide bonds. The molecule has 7 nitrogen and oxygen atoms in total. The normalized spacial score (nSPS) is 17.0. The van der Waals surface area contributed by atoms with Gasteiger partial charge in [-0.3, -0.25) is 9.59 Å². The number of benzene rings is 2. The van der Waals surface area contributed by atoms with E-state index >= 15 is 0 Å². The van der Waals surface area contributed by atoms with Crippen molar-refractivity contribution in [2.75, 3.05) is 13.2 Å². The van der Waals surface area contributed by atoms with Gasteiger partial charge in [0.1, 0.15) is 23.9 Å². The Kier molecular flexibility index (Phi) is 7.01. The van der Waals surface area contributed by atoms with Crippen molar-refractivity contribution in [2.45, 2.75) is 19.5 Å². The standard InChI is InChI=1S/C27H24FNO6/c1-3-13-35-21-12-9-18(15-22(21)33-4-2)24-23(25(30)17-7-10-19(28)11-8-17)26(31)27(32)29(24)16-20-6-5-14-34-20/h3,5-12,14-15,24,30H,1,4,13,16H2,2H3. The highest BCUT2D eigenvalue weighted by Gasteiger charge is 2.46. The Morgan fingerprint density at radius 1 is 1.14 bits per heavy atom. The number of hydrogen-bond donors (Lipinski definition) is 1. The molecule has 0 saturated carbocycles. The third-order valence-corrected chi connectivity index (χ3v) is 5.50. The molecule has 180 valence electrons. The molecule has 0 radical (unpaired) electrons. The van der Waals surface area contributed by atoms with Crippen molar-refractivity contribution < 1.29 is 33.0 Å². The number of carbonyl (C=O) groups excluding carboxylic acids is 2. The van der Waals surface area contributed by atoms with Crippen molar-refractivity contribution in [3.63, 3.8) is 0 Å². The number of Topliss-reactive ketones (excluding diaryl/α,β-unsaturated/α-hetero) is 1. The second kappa shape index (κ2) is 10.3. The van der Waals surface area contributed by atoms with Crippen LogP contribution >= 0.6 is 0 Å². The lowest BCUT2D eigenvalue weighted by Crippen LogP contribution is -2.29. The van der Waals surface area contributed by atoms with Crippen molar-refractivity contribution >= 4 is 17.4 Å². The molecule has 4 rings (SSSR count). The number of likely N-dealkylation sites (tertiary alicyclic amines) is 1. The number of carbonyl (C=O) groups is 2. The fourth-order valence-corrected chi connectivity index (χ4v) is 3.95. The van der Waals surface area contributed by atoms with E-state index in [0.29, 0.717) is 29.4 Å². The van der Waals surface area contributed by atoms with Crippen molar-refractivity contribution in [1.29, 1.82) is 0 Å². The van der Waals surface area contributed by atoms with E-state index in [9.17, 15) is 19.1 Å². The lowest BCUT2D eigenvalue weighted by Gasteiger charge is -2.25. The lowest BCUT2D eigenvalue weighted by atomic mass is 9.95. The number of ketones is 1. The van der Waals surface area contributed by atoms with Crippen molar-refractivity contribution in [2.24, 2.45) is 0 Å². The van der Waals surface area contributed by atoms with E-state index < -0.39 is 29.3 Å². The summed E-state index contributed by atoms with van der Waals surface area (Å²) in [5, 5.41) is 11.1. The van der Waals surface area contributed by atoms with Crippen LogP contribution in [0.15, 0.2) is 83.5 Å². The molecule has 1 aromatic heterocycles. The molecule has 0 bridgehead atoms. The Morgan fingerprint density at radius 2 is 1.91 bits per heavy atom. The molecule has 2 heterocycles. The Labute approximate surface area is 201 Å². The molecule has 1 saturated heterocycles. The number of furan rings is 1. The first kappa shape index (κ1) is 23.8. The molecule has 1 N–H and O–H groups in total. The van der Waals surface area contributed by atoms with Crippen LogP contribution in [0.4, 0.5) is 4.39 Å². The Bertz CT molecular complexity index is 1260. The summed E-state index contributed by atoms with van der Waals surface area (Å²) >= 11 is 0. The van der Waals surface area contributed by atoms with Gasteiger partial charge >= 0.3 is 0 Å². The largest absolute Gasteiger partial charge is 0.507 e. The zero-order valence-corrected chi connectivity index (χ0v) is 19.1. The van der Waals surface area contributed by atoms with Crippen LogP contribution in [0.25, 0.3) is 5.76 Å². The zero-order valence-electron chi connectivity index (χ0n) is 19.1. The van der Waals surface area contributed by atoms with Gasteiger partial charge in [-0.2, -0.15) is 0 Å². The number of nitrogens with zero attached hydrogens (tertiary/aromatic N) is 1. The van der Waals surface area contributed by atoms with Gasteiger partial charge in [0, 0.05) is 5.56 Å². The molecular formula is C27H24FNO6. The molecule has 1 aliphatic rings. The van der Waals surface area contributed by atoms with E-state index in [-0.39, 0.29) is 24.3 Å². The van der Waals surface area contributed by atoms with Crippen molar-refractivity contribution in [3.8, 4) is 11.5 Å². The summed E-state index contributed by atoms with van der Waals surface area (Å²) < 4.78 is 30.3. The zero-order chi connectivity index (χ0) is 24.9. The summed E-state index contributed by atoms with van der Waals surface area (Å²) in [5.41, 5.74) is 0.618. The summed E-state index contributed by atoms with van der Waals surface area (Å²) in [6.45, 7) is 6.09. The Balaban J connectivity index is 1.86. The maximum Gasteiger partial charge on any atom is 0.296 e.